The molecule has 1 aliphatic carbocycles. The molecular formula is C16H21NO3. The molecule has 0 spiro atoms. The Bertz CT molecular complexity index is 539. The van der Waals surface area contributed by atoms with E-state index in [9.17, 15) is 14.7 Å². The number of fused-ring (bicyclic) bond motifs is 1. The summed E-state index contributed by atoms with van der Waals surface area (Å²) in [4.78, 5) is 23.3. The van der Waals surface area contributed by atoms with E-state index in [0.29, 0.717) is 12.0 Å². The smallest absolute Gasteiger partial charge is 0.311 e. The summed E-state index contributed by atoms with van der Waals surface area (Å²) in [6, 6.07) is 5.76. The fourth-order valence-corrected chi connectivity index (χ4v) is 2.44. The van der Waals surface area contributed by atoms with Crippen LogP contribution in [0.15, 0.2) is 18.2 Å². The number of nitrogens with one attached hydrogen (secondary N) is 1. The third kappa shape index (κ3) is 2.84. The van der Waals surface area contributed by atoms with Gasteiger partial charge in [0.2, 0.25) is 0 Å². The molecule has 1 aromatic carbocycles. The van der Waals surface area contributed by atoms with Crippen molar-refractivity contribution in [3.8, 4) is 0 Å². The van der Waals surface area contributed by atoms with E-state index in [1.807, 2.05) is 25.1 Å². The molecule has 108 valence electrons. The molecule has 0 aromatic heterocycles. The third-order valence-electron chi connectivity index (χ3n) is 4.30. The van der Waals surface area contributed by atoms with Crippen LogP contribution in [0, 0.1) is 5.41 Å². The summed E-state index contributed by atoms with van der Waals surface area (Å²) < 4.78 is 0. The van der Waals surface area contributed by atoms with Crippen LogP contribution < -0.4 is 5.32 Å². The quantitative estimate of drug-likeness (QED) is 0.867. The maximum atomic E-state index is 12.1. The first-order valence-corrected chi connectivity index (χ1v) is 7.09. The van der Waals surface area contributed by atoms with Crippen molar-refractivity contribution in [2.75, 3.05) is 6.54 Å². The number of carboxylic acids is 1. The maximum absolute atomic E-state index is 12.1. The van der Waals surface area contributed by atoms with Gasteiger partial charge in [0.05, 0.1) is 5.41 Å². The molecule has 1 amide bonds. The normalized spacial score (nSPS) is 16.3. The van der Waals surface area contributed by atoms with E-state index in [-0.39, 0.29) is 12.5 Å². The van der Waals surface area contributed by atoms with Gasteiger partial charge < -0.3 is 10.4 Å². The van der Waals surface area contributed by atoms with Gasteiger partial charge in [-0.25, -0.2) is 0 Å². The molecule has 0 saturated carbocycles. The first-order chi connectivity index (χ1) is 9.46. The van der Waals surface area contributed by atoms with Gasteiger partial charge in [0.25, 0.3) is 5.91 Å². The predicted molar refractivity (Wildman–Crippen MR) is 76.8 cm³/mol. The zero-order valence-electron chi connectivity index (χ0n) is 12.0. The van der Waals surface area contributed by atoms with Gasteiger partial charge >= 0.3 is 5.97 Å². The van der Waals surface area contributed by atoms with Gasteiger partial charge in [-0.05, 0) is 55.9 Å². The molecule has 1 unspecified atom stereocenters. The second-order valence-corrected chi connectivity index (χ2v) is 5.74. The lowest BCUT2D eigenvalue weighted by Crippen LogP contribution is -2.40. The zero-order valence-corrected chi connectivity index (χ0v) is 12.0. The zero-order chi connectivity index (χ0) is 14.8. The number of carbonyl (C=O) groups is 2. The number of rotatable bonds is 5. The lowest BCUT2D eigenvalue weighted by Gasteiger charge is -2.23. The van der Waals surface area contributed by atoms with Crippen molar-refractivity contribution in [3.05, 3.63) is 34.9 Å². The molecule has 20 heavy (non-hydrogen) atoms. The predicted octanol–water partition coefficient (Wildman–Crippen LogP) is 2.41. The molecule has 0 radical (unpaired) electrons. The number of aliphatic carboxylic acids is 1. The third-order valence-corrected chi connectivity index (χ3v) is 4.30. The molecule has 2 N–H and O–H groups in total. The largest absolute Gasteiger partial charge is 0.481 e. The minimum absolute atomic E-state index is 0.148. The van der Waals surface area contributed by atoms with Gasteiger partial charge in [-0.3, -0.25) is 9.59 Å². The first kappa shape index (κ1) is 14.6. The molecule has 1 atom stereocenters. The second kappa shape index (κ2) is 5.65. The topological polar surface area (TPSA) is 66.4 Å². The number of aryl methyl sites for hydroxylation is 2. The summed E-state index contributed by atoms with van der Waals surface area (Å²) >= 11 is 0. The van der Waals surface area contributed by atoms with Crippen LogP contribution in [-0.4, -0.2) is 23.5 Å². The van der Waals surface area contributed by atoms with Crippen molar-refractivity contribution in [2.24, 2.45) is 5.41 Å². The Labute approximate surface area is 119 Å². The Morgan fingerprint density at radius 2 is 2.00 bits per heavy atom. The van der Waals surface area contributed by atoms with Crippen molar-refractivity contribution in [3.63, 3.8) is 0 Å². The maximum Gasteiger partial charge on any atom is 0.311 e. The highest BCUT2D eigenvalue weighted by atomic mass is 16.4. The Morgan fingerprint density at radius 3 is 2.65 bits per heavy atom. The minimum atomic E-state index is -0.910. The van der Waals surface area contributed by atoms with E-state index < -0.39 is 11.4 Å². The standard InChI is InChI=1S/C16H21NO3/c1-3-16(2,15(19)20)10-17-14(18)13-8-7-11-5-4-6-12(11)9-13/h7-9H,3-6,10H2,1-2H3,(H,17,18)(H,19,20). The average molecular weight is 275 g/mol. The SMILES string of the molecule is CCC(C)(CNC(=O)c1ccc2c(c1)CCC2)C(=O)O. The molecule has 0 aliphatic heterocycles. The Kier molecular flexibility index (Phi) is 4.12. The average Bonchev–Trinajstić information content (AvgIpc) is 2.91. The summed E-state index contributed by atoms with van der Waals surface area (Å²) in [5.41, 5.74) is 2.28. The number of hydrogen-bond acceptors (Lipinski definition) is 2. The molecule has 1 aliphatic rings. The van der Waals surface area contributed by atoms with E-state index in [0.717, 1.165) is 19.3 Å². The molecule has 1 aromatic rings. The van der Waals surface area contributed by atoms with Gasteiger partial charge in [-0.1, -0.05) is 13.0 Å². The van der Waals surface area contributed by atoms with Crippen LogP contribution in [-0.2, 0) is 17.6 Å². The first-order valence-electron chi connectivity index (χ1n) is 7.09. The van der Waals surface area contributed by atoms with Crippen LogP contribution in [0.3, 0.4) is 0 Å². The van der Waals surface area contributed by atoms with E-state index in [1.54, 1.807) is 6.92 Å². The summed E-state index contributed by atoms with van der Waals surface area (Å²) in [7, 11) is 0. The monoisotopic (exact) mass is 275 g/mol. The summed E-state index contributed by atoms with van der Waals surface area (Å²) in [6.45, 7) is 3.61. The van der Waals surface area contributed by atoms with Gasteiger partial charge in [0.1, 0.15) is 0 Å². The molecule has 0 fully saturated rings. The van der Waals surface area contributed by atoms with Gasteiger partial charge in [0, 0.05) is 12.1 Å². The van der Waals surface area contributed by atoms with E-state index in [2.05, 4.69) is 5.32 Å². The van der Waals surface area contributed by atoms with Crippen molar-refractivity contribution in [1.82, 2.24) is 5.32 Å². The van der Waals surface area contributed by atoms with Crippen molar-refractivity contribution >= 4 is 11.9 Å². The number of amides is 1. The van der Waals surface area contributed by atoms with Crippen molar-refractivity contribution in [2.45, 2.75) is 39.5 Å². The summed E-state index contributed by atoms with van der Waals surface area (Å²) in [5, 5.41) is 11.9. The highest BCUT2D eigenvalue weighted by Crippen LogP contribution is 2.23. The fraction of sp³-hybridized carbons (Fsp3) is 0.500. The molecule has 0 saturated heterocycles. The van der Waals surface area contributed by atoms with Crippen molar-refractivity contribution < 1.29 is 14.7 Å². The van der Waals surface area contributed by atoms with Gasteiger partial charge in [-0.2, -0.15) is 0 Å². The van der Waals surface area contributed by atoms with Crippen molar-refractivity contribution in [1.29, 1.82) is 0 Å². The Hall–Kier alpha value is -1.84. The lowest BCUT2D eigenvalue weighted by molar-refractivity contribution is -0.147. The van der Waals surface area contributed by atoms with E-state index >= 15 is 0 Å². The highest BCUT2D eigenvalue weighted by molar-refractivity contribution is 5.94. The van der Waals surface area contributed by atoms with Crippen LogP contribution in [0.5, 0.6) is 0 Å². The lowest BCUT2D eigenvalue weighted by atomic mass is 9.87. The summed E-state index contributed by atoms with van der Waals surface area (Å²) in [5.74, 6) is -1.07. The van der Waals surface area contributed by atoms with E-state index in [1.165, 1.54) is 11.1 Å². The molecule has 0 heterocycles. The second-order valence-electron chi connectivity index (χ2n) is 5.74. The molecule has 0 bridgehead atoms. The Morgan fingerprint density at radius 1 is 1.30 bits per heavy atom. The van der Waals surface area contributed by atoms with Gasteiger partial charge in [-0.15, -0.1) is 0 Å². The number of hydrogen-bond donors (Lipinski definition) is 2. The fourth-order valence-electron chi connectivity index (χ4n) is 2.44. The minimum Gasteiger partial charge on any atom is -0.481 e. The molecule has 4 heteroatoms. The number of carboxylic acid groups (broad SMARTS) is 1. The van der Waals surface area contributed by atoms with Crippen LogP contribution >= 0.6 is 0 Å². The van der Waals surface area contributed by atoms with Crippen LogP contribution in [0.4, 0.5) is 0 Å². The van der Waals surface area contributed by atoms with Crippen LogP contribution in [0.25, 0.3) is 0 Å². The van der Waals surface area contributed by atoms with Gasteiger partial charge in [0.15, 0.2) is 0 Å². The van der Waals surface area contributed by atoms with Crippen LogP contribution in [0.1, 0.15) is 48.2 Å². The van der Waals surface area contributed by atoms with E-state index in [4.69, 9.17) is 0 Å². The molecule has 2 rings (SSSR count). The van der Waals surface area contributed by atoms with Crippen LogP contribution in [0.2, 0.25) is 0 Å². The summed E-state index contributed by atoms with van der Waals surface area (Å²) in [6.07, 6.45) is 3.74. The molecular weight excluding hydrogens is 254 g/mol. The highest BCUT2D eigenvalue weighted by Gasteiger charge is 2.31. The Balaban J connectivity index is 2.04. The number of benzene rings is 1. The molecule has 4 nitrogen and oxygen atoms in total. The number of carbonyl (C=O) groups excluding carboxylic acids is 1.